The number of halogens is 1. The molecule has 0 saturated carbocycles. The zero-order valence-corrected chi connectivity index (χ0v) is 11.4. The predicted octanol–water partition coefficient (Wildman–Crippen LogP) is 2.42. The second-order valence-electron chi connectivity index (χ2n) is 4.03. The Bertz CT molecular complexity index is 658. The first-order valence-electron chi connectivity index (χ1n) is 5.57. The van der Waals surface area contributed by atoms with Gasteiger partial charge in [-0.1, -0.05) is 12.1 Å². The lowest BCUT2D eigenvalue weighted by Crippen LogP contribution is -2.19. The zero-order chi connectivity index (χ0) is 13.2. The largest absolute Gasteiger partial charge is 0.252 e. The summed E-state index contributed by atoms with van der Waals surface area (Å²) in [5.74, 6) is 0.307. The van der Waals surface area contributed by atoms with E-state index in [-0.39, 0.29) is 5.03 Å². The Labute approximate surface area is 111 Å². The molecule has 0 aliphatic carbocycles. The number of para-hydroxylation sites is 2. The molecule has 1 unspecified atom stereocenters. The molecule has 0 radical (unpaired) electrons. The number of hydrogen-bond acceptors (Lipinski definition) is 4. The van der Waals surface area contributed by atoms with E-state index in [0.717, 1.165) is 0 Å². The normalized spacial score (nSPS) is 13.7. The first kappa shape index (κ1) is 13.2. The molecule has 2 aromatic rings. The van der Waals surface area contributed by atoms with Crippen LogP contribution in [0.25, 0.3) is 11.0 Å². The van der Waals surface area contributed by atoms with Gasteiger partial charge in [-0.15, -0.1) is 11.6 Å². The van der Waals surface area contributed by atoms with Gasteiger partial charge in [0, 0.05) is 5.88 Å². The summed E-state index contributed by atoms with van der Waals surface area (Å²) in [6.07, 6.45) is 1.71. The van der Waals surface area contributed by atoms with E-state index < -0.39 is 15.1 Å². The van der Waals surface area contributed by atoms with Crippen LogP contribution in [0, 0.1) is 0 Å². The van der Waals surface area contributed by atoms with Crippen molar-refractivity contribution >= 4 is 32.5 Å². The molecule has 0 aliphatic heterocycles. The van der Waals surface area contributed by atoms with Gasteiger partial charge in [-0.2, -0.15) is 0 Å². The number of sulfone groups is 1. The Morgan fingerprint density at radius 2 is 1.94 bits per heavy atom. The summed E-state index contributed by atoms with van der Waals surface area (Å²) in [6.45, 7) is 1.63. The van der Waals surface area contributed by atoms with Crippen LogP contribution in [0.5, 0.6) is 0 Å². The van der Waals surface area contributed by atoms with E-state index in [9.17, 15) is 8.42 Å². The van der Waals surface area contributed by atoms with Crippen molar-refractivity contribution in [1.82, 2.24) is 9.97 Å². The molecule has 18 heavy (non-hydrogen) atoms. The van der Waals surface area contributed by atoms with Gasteiger partial charge in [0.2, 0.25) is 0 Å². The highest BCUT2D eigenvalue weighted by Crippen LogP contribution is 2.18. The van der Waals surface area contributed by atoms with Crippen molar-refractivity contribution in [2.24, 2.45) is 0 Å². The fraction of sp³-hybridized carbons (Fsp3) is 0.333. The van der Waals surface area contributed by atoms with Gasteiger partial charge < -0.3 is 0 Å². The number of fused-ring (bicyclic) bond motifs is 1. The summed E-state index contributed by atoms with van der Waals surface area (Å²) >= 11 is 5.58. The van der Waals surface area contributed by atoms with E-state index in [0.29, 0.717) is 23.3 Å². The van der Waals surface area contributed by atoms with Gasteiger partial charge in [0.05, 0.1) is 22.5 Å². The summed E-state index contributed by atoms with van der Waals surface area (Å²) in [6, 6.07) is 7.17. The van der Waals surface area contributed by atoms with Crippen molar-refractivity contribution in [2.75, 3.05) is 5.88 Å². The molecular formula is C12H13ClN2O2S. The Morgan fingerprint density at radius 3 is 2.61 bits per heavy atom. The number of benzene rings is 1. The Kier molecular flexibility index (Phi) is 3.82. The van der Waals surface area contributed by atoms with E-state index in [1.165, 1.54) is 6.20 Å². The molecule has 0 spiro atoms. The minimum absolute atomic E-state index is 0.0128. The maximum absolute atomic E-state index is 12.2. The fourth-order valence-corrected chi connectivity index (χ4v) is 3.31. The highest BCUT2D eigenvalue weighted by Gasteiger charge is 2.24. The lowest BCUT2D eigenvalue weighted by atomic mass is 10.3. The molecule has 6 heteroatoms. The van der Waals surface area contributed by atoms with Gasteiger partial charge in [0.15, 0.2) is 14.9 Å². The van der Waals surface area contributed by atoms with Crippen LogP contribution >= 0.6 is 11.6 Å². The average Bonchev–Trinajstić information content (AvgIpc) is 2.38. The third-order valence-corrected chi connectivity index (χ3v) is 5.06. The molecule has 0 fully saturated rings. The van der Waals surface area contributed by atoms with Crippen LogP contribution in [0.2, 0.25) is 0 Å². The molecule has 0 bridgehead atoms. The molecule has 2 rings (SSSR count). The van der Waals surface area contributed by atoms with Gasteiger partial charge >= 0.3 is 0 Å². The van der Waals surface area contributed by atoms with Gasteiger partial charge in [-0.25, -0.2) is 13.4 Å². The Morgan fingerprint density at radius 1 is 1.28 bits per heavy atom. The van der Waals surface area contributed by atoms with Crippen molar-refractivity contribution in [1.29, 1.82) is 0 Å². The zero-order valence-electron chi connectivity index (χ0n) is 9.88. The van der Waals surface area contributed by atoms with Gasteiger partial charge in [-0.3, -0.25) is 4.98 Å². The van der Waals surface area contributed by atoms with E-state index >= 15 is 0 Å². The van der Waals surface area contributed by atoms with Crippen LogP contribution in [-0.4, -0.2) is 29.5 Å². The highest BCUT2D eigenvalue weighted by atomic mass is 35.5. The summed E-state index contributed by atoms with van der Waals surface area (Å²) in [5, 5.41) is -0.538. The molecule has 96 valence electrons. The van der Waals surface area contributed by atoms with Crippen molar-refractivity contribution in [3.8, 4) is 0 Å². The molecule has 1 heterocycles. The molecule has 0 N–H and O–H groups in total. The fourth-order valence-electron chi connectivity index (χ4n) is 1.59. The topological polar surface area (TPSA) is 59.9 Å². The number of aromatic nitrogens is 2. The summed E-state index contributed by atoms with van der Waals surface area (Å²) < 4.78 is 24.4. The van der Waals surface area contributed by atoms with Crippen molar-refractivity contribution < 1.29 is 8.42 Å². The molecule has 1 aromatic heterocycles. The Balaban J connectivity index is 2.48. The third-order valence-electron chi connectivity index (χ3n) is 2.76. The van der Waals surface area contributed by atoms with Gasteiger partial charge in [0.1, 0.15) is 0 Å². The Hall–Kier alpha value is -1.20. The SMILES string of the molecule is CC(CCCl)S(=O)(=O)c1cnc2ccccc2n1. The first-order chi connectivity index (χ1) is 8.55. The molecular weight excluding hydrogens is 272 g/mol. The van der Waals surface area contributed by atoms with Crippen LogP contribution in [0.15, 0.2) is 35.5 Å². The van der Waals surface area contributed by atoms with E-state index in [1.54, 1.807) is 25.1 Å². The van der Waals surface area contributed by atoms with Crippen LogP contribution in [0.3, 0.4) is 0 Å². The summed E-state index contributed by atoms with van der Waals surface area (Å²) in [5.41, 5.74) is 1.26. The maximum atomic E-state index is 12.2. The minimum atomic E-state index is -3.45. The summed E-state index contributed by atoms with van der Waals surface area (Å²) in [7, 11) is -3.45. The first-order valence-corrected chi connectivity index (χ1v) is 7.65. The lowest BCUT2D eigenvalue weighted by molar-refractivity contribution is 0.577. The minimum Gasteiger partial charge on any atom is -0.252 e. The average molecular weight is 285 g/mol. The quantitative estimate of drug-likeness (QED) is 0.809. The smallest absolute Gasteiger partial charge is 0.199 e. The second kappa shape index (κ2) is 5.20. The standard InChI is InChI=1S/C12H13ClN2O2S/c1-9(6-7-13)18(16,17)12-8-14-10-4-2-3-5-11(10)15-12/h2-5,8-9H,6-7H2,1H3. The second-order valence-corrected chi connectivity index (χ2v) is 6.72. The molecule has 0 amide bonds. The van der Waals surface area contributed by atoms with Crippen molar-refractivity contribution in [2.45, 2.75) is 23.6 Å². The number of alkyl halides is 1. The summed E-state index contributed by atoms with van der Waals surface area (Å²) in [4.78, 5) is 8.27. The van der Waals surface area contributed by atoms with Crippen LogP contribution < -0.4 is 0 Å². The number of rotatable bonds is 4. The molecule has 1 atom stereocenters. The van der Waals surface area contributed by atoms with Crippen LogP contribution in [-0.2, 0) is 9.84 Å². The third kappa shape index (κ3) is 2.47. The van der Waals surface area contributed by atoms with Gasteiger partial charge in [-0.05, 0) is 25.5 Å². The van der Waals surface area contributed by atoms with Crippen molar-refractivity contribution in [3.63, 3.8) is 0 Å². The molecule has 0 aliphatic rings. The van der Waals surface area contributed by atoms with E-state index in [4.69, 9.17) is 11.6 Å². The van der Waals surface area contributed by atoms with Gasteiger partial charge in [0.25, 0.3) is 0 Å². The lowest BCUT2D eigenvalue weighted by Gasteiger charge is -2.10. The number of hydrogen-bond donors (Lipinski definition) is 0. The van der Waals surface area contributed by atoms with E-state index in [2.05, 4.69) is 9.97 Å². The van der Waals surface area contributed by atoms with Crippen molar-refractivity contribution in [3.05, 3.63) is 30.5 Å². The van der Waals surface area contributed by atoms with Crippen LogP contribution in [0.4, 0.5) is 0 Å². The molecule has 1 aromatic carbocycles. The predicted molar refractivity (Wildman–Crippen MR) is 71.5 cm³/mol. The number of nitrogens with zero attached hydrogens (tertiary/aromatic N) is 2. The van der Waals surface area contributed by atoms with E-state index in [1.807, 2.05) is 6.07 Å². The highest BCUT2D eigenvalue weighted by molar-refractivity contribution is 7.92. The van der Waals surface area contributed by atoms with Crippen LogP contribution in [0.1, 0.15) is 13.3 Å². The monoisotopic (exact) mass is 284 g/mol. The maximum Gasteiger partial charge on any atom is 0.199 e. The molecule has 0 saturated heterocycles. The molecule has 4 nitrogen and oxygen atoms in total.